The Morgan fingerprint density at radius 3 is 2.69 bits per heavy atom. The summed E-state index contributed by atoms with van der Waals surface area (Å²) in [6, 6.07) is 4.76. The van der Waals surface area contributed by atoms with Crippen molar-refractivity contribution in [3.63, 3.8) is 0 Å². The highest BCUT2D eigenvalue weighted by atomic mass is 19.1. The number of nitrogens with one attached hydrogen (secondary N) is 1. The van der Waals surface area contributed by atoms with Gasteiger partial charge in [-0.15, -0.1) is 0 Å². The van der Waals surface area contributed by atoms with Crippen molar-refractivity contribution in [1.29, 1.82) is 0 Å². The van der Waals surface area contributed by atoms with Crippen LogP contribution in [-0.4, -0.2) is 56.0 Å². The Labute approximate surface area is 150 Å². The molecule has 1 aliphatic carbocycles. The average molecular weight is 363 g/mol. The maximum atomic E-state index is 14.6. The predicted molar refractivity (Wildman–Crippen MR) is 92.5 cm³/mol. The number of piperidine rings is 1. The number of hydrogen-bond acceptors (Lipinski definition) is 5. The number of carbonyl (C=O) groups is 2. The highest BCUT2D eigenvalue weighted by Crippen LogP contribution is 2.52. The fourth-order valence-corrected chi connectivity index (χ4v) is 4.13. The lowest BCUT2D eigenvalue weighted by molar-refractivity contribution is -0.119. The fraction of sp³-hybridized carbons (Fsp3) is 0.556. The number of amides is 2. The van der Waals surface area contributed by atoms with Crippen LogP contribution in [0.5, 0.6) is 0 Å². The molecular weight excluding hydrogens is 341 g/mol. The van der Waals surface area contributed by atoms with E-state index in [1.54, 1.807) is 12.1 Å². The summed E-state index contributed by atoms with van der Waals surface area (Å²) in [5.74, 6) is 0.724. The lowest BCUT2D eigenvalue weighted by Crippen LogP contribution is -2.33. The van der Waals surface area contributed by atoms with Gasteiger partial charge in [0.05, 0.1) is 24.5 Å². The smallest absolute Gasteiger partial charge is 0.414 e. The number of aliphatic hydroxyl groups excluding tert-OH is 1. The first-order valence-electron chi connectivity index (χ1n) is 8.86. The normalized spacial score (nSPS) is 29.6. The van der Waals surface area contributed by atoms with Gasteiger partial charge < -0.3 is 20.1 Å². The van der Waals surface area contributed by atoms with Crippen molar-refractivity contribution >= 4 is 23.4 Å². The molecule has 26 heavy (non-hydrogen) atoms. The van der Waals surface area contributed by atoms with Gasteiger partial charge in [-0.3, -0.25) is 9.69 Å². The topological polar surface area (TPSA) is 82.1 Å². The number of hydrogen-bond donors (Lipinski definition) is 2. The zero-order valence-corrected chi connectivity index (χ0v) is 14.5. The number of halogens is 1. The number of ether oxygens (including phenoxy) is 1. The van der Waals surface area contributed by atoms with Gasteiger partial charge in [-0.25, -0.2) is 9.18 Å². The number of anilines is 2. The Bertz CT molecular complexity index is 731. The number of aliphatic hydroxyl groups is 1. The van der Waals surface area contributed by atoms with E-state index < -0.39 is 12.2 Å². The van der Waals surface area contributed by atoms with Crippen molar-refractivity contribution in [2.75, 3.05) is 42.6 Å². The van der Waals surface area contributed by atoms with E-state index in [0.717, 1.165) is 13.1 Å². The largest absolute Gasteiger partial charge is 0.442 e. The van der Waals surface area contributed by atoms with Crippen LogP contribution in [0.3, 0.4) is 0 Å². The quantitative estimate of drug-likeness (QED) is 0.814. The molecule has 7 nitrogen and oxygen atoms in total. The van der Waals surface area contributed by atoms with Crippen molar-refractivity contribution in [2.45, 2.75) is 13.0 Å². The van der Waals surface area contributed by atoms with Gasteiger partial charge in [-0.2, -0.15) is 0 Å². The molecule has 0 spiro atoms. The Morgan fingerprint density at radius 1 is 1.35 bits per heavy atom. The Balaban J connectivity index is 1.42. The average Bonchev–Trinajstić information content (AvgIpc) is 2.93. The van der Waals surface area contributed by atoms with Gasteiger partial charge in [-0.05, 0) is 36.0 Å². The molecule has 2 amide bonds. The lowest BCUT2D eigenvalue weighted by atomic mass is 10.2. The number of cyclic esters (lactones) is 1. The molecule has 0 bridgehead atoms. The first-order valence-corrected chi connectivity index (χ1v) is 8.86. The summed E-state index contributed by atoms with van der Waals surface area (Å²) in [5.41, 5.74) is 0.971. The molecule has 8 heteroatoms. The van der Waals surface area contributed by atoms with Crippen molar-refractivity contribution in [3.05, 3.63) is 24.0 Å². The first-order chi connectivity index (χ1) is 12.5. The second-order valence-electron chi connectivity index (χ2n) is 7.27. The second kappa shape index (κ2) is 6.42. The molecule has 1 aromatic carbocycles. The predicted octanol–water partition coefficient (Wildman–Crippen LogP) is 0.961. The van der Waals surface area contributed by atoms with E-state index in [-0.39, 0.29) is 31.4 Å². The molecule has 4 rings (SSSR count). The van der Waals surface area contributed by atoms with E-state index in [1.807, 2.05) is 4.90 Å². The van der Waals surface area contributed by atoms with Crippen LogP contribution >= 0.6 is 0 Å². The van der Waals surface area contributed by atoms with Crippen molar-refractivity contribution < 1.29 is 23.8 Å². The first kappa shape index (κ1) is 17.1. The summed E-state index contributed by atoms with van der Waals surface area (Å²) in [5, 5.41) is 11.8. The highest BCUT2D eigenvalue weighted by molar-refractivity contribution is 5.90. The van der Waals surface area contributed by atoms with Gasteiger partial charge in [0.25, 0.3) is 0 Å². The van der Waals surface area contributed by atoms with Crippen LogP contribution in [0.2, 0.25) is 0 Å². The number of carbonyl (C=O) groups excluding carboxylic acids is 2. The monoisotopic (exact) mass is 363 g/mol. The van der Waals surface area contributed by atoms with E-state index >= 15 is 0 Å². The molecule has 2 unspecified atom stereocenters. The Morgan fingerprint density at radius 2 is 2.08 bits per heavy atom. The molecule has 2 heterocycles. The molecule has 0 aromatic heterocycles. The summed E-state index contributed by atoms with van der Waals surface area (Å²) < 4.78 is 19.8. The maximum Gasteiger partial charge on any atom is 0.414 e. The third-order valence-corrected chi connectivity index (χ3v) is 5.62. The molecule has 3 fully saturated rings. The summed E-state index contributed by atoms with van der Waals surface area (Å²) >= 11 is 0. The third-order valence-electron chi connectivity index (χ3n) is 5.62. The summed E-state index contributed by atoms with van der Waals surface area (Å²) in [6.45, 7) is 3.63. The standard InChI is InChI=1S/C18H22FN3O4/c1-10(24)20-5-12-6-22(18(25)26-12)11-2-3-17(16(19)4-11)21-7-13-14(8-21)15(13)9-23/h2-4,12-15,23H,5-9H2,1H3,(H,20,24)/t12-,13?,14?,15?/m0/s1. The van der Waals surface area contributed by atoms with E-state index in [9.17, 15) is 19.1 Å². The van der Waals surface area contributed by atoms with Crippen LogP contribution in [-0.2, 0) is 9.53 Å². The van der Waals surface area contributed by atoms with Gasteiger partial charge in [0.2, 0.25) is 5.91 Å². The SMILES string of the molecule is CC(=O)NC[C@H]1CN(c2ccc(N3CC4C(CO)C4C3)c(F)c2)C(=O)O1. The van der Waals surface area contributed by atoms with Gasteiger partial charge in [0, 0.05) is 26.6 Å². The summed E-state index contributed by atoms with van der Waals surface area (Å²) in [7, 11) is 0. The Kier molecular flexibility index (Phi) is 4.22. The number of fused-ring (bicyclic) bond motifs is 1. The molecule has 1 aromatic rings. The minimum absolute atomic E-state index is 0.193. The van der Waals surface area contributed by atoms with Crippen LogP contribution in [0.4, 0.5) is 20.6 Å². The van der Waals surface area contributed by atoms with Crippen LogP contribution in [0.15, 0.2) is 18.2 Å². The second-order valence-corrected chi connectivity index (χ2v) is 7.27. The van der Waals surface area contributed by atoms with Crippen LogP contribution in [0, 0.1) is 23.6 Å². The lowest BCUT2D eigenvalue weighted by Gasteiger charge is -2.23. The van der Waals surface area contributed by atoms with Crippen molar-refractivity contribution in [1.82, 2.24) is 5.32 Å². The molecule has 140 valence electrons. The highest BCUT2D eigenvalue weighted by Gasteiger charge is 2.55. The van der Waals surface area contributed by atoms with E-state index in [0.29, 0.717) is 29.1 Å². The minimum atomic E-state index is -0.541. The van der Waals surface area contributed by atoms with E-state index in [4.69, 9.17) is 4.74 Å². The molecular formula is C18H22FN3O4. The van der Waals surface area contributed by atoms with Gasteiger partial charge in [0.15, 0.2) is 0 Å². The zero-order chi connectivity index (χ0) is 18.4. The van der Waals surface area contributed by atoms with Gasteiger partial charge in [0.1, 0.15) is 11.9 Å². The summed E-state index contributed by atoms with van der Waals surface area (Å²) in [6.07, 6.45) is -0.990. The molecule has 2 saturated heterocycles. The fourth-order valence-electron chi connectivity index (χ4n) is 4.13. The van der Waals surface area contributed by atoms with E-state index in [2.05, 4.69) is 5.32 Å². The van der Waals surface area contributed by atoms with Crippen LogP contribution in [0.1, 0.15) is 6.92 Å². The molecule has 2 N–H and O–H groups in total. The third kappa shape index (κ3) is 2.98. The van der Waals surface area contributed by atoms with Crippen LogP contribution < -0.4 is 15.1 Å². The summed E-state index contributed by atoms with van der Waals surface area (Å²) in [4.78, 5) is 26.4. The number of benzene rings is 1. The maximum absolute atomic E-state index is 14.6. The molecule has 3 aliphatic rings. The molecule has 3 atom stereocenters. The molecule has 2 aliphatic heterocycles. The minimum Gasteiger partial charge on any atom is -0.442 e. The zero-order valence-electron chi connectivity index (χ0n) is 14.5. The van der Waals surface area contributed by atoms with Gasteiger partial charge >= 0.3 is 6.09 Å². The molecule has 0 radical (unpaired) electrons. The van der Waals surface area contributed by atoms with Crippen molar-refractivity contribution in [2.24, 2.45) is 17.8 Å². The number of nitrogens with zero attached hydrogens (tertiary/aromatic N) is 2. The molecule has 1 saturated carbocycles. The van der Waals surface area contributed by atoms with Gasteiger partial charge in [-0.1, -0.05) is 0 Å². The number of rotatable bonds is 5. The van der Waals surface area contributed by atoms with Crippen molar-refractivity contribution in [3.8, 4) is 0 Å². The van der Waals surface area contributed by atoms with E-state index in [1.165, 1.54) is 17.9 Å². The van der Waals surface area contributed by atoms with Crippen LogP contribution in [0.25, 0.3) is 0 Å². The Hall–Kier alpha value is -2.35.